The predicted octanol–water partition coefficient (Wildman–Crippen LogP) is 1.15. The zero-order chi connectivity index (χ0) is 12.7. The first-order valence-electron chi connectivity index (χ1n) is 5.74. The van der Waals surface area contributed by atoms with Crippen LogP contribution in [0, 0.1) is 0 Å². The summed E-state index contributed by atoms with van der Waals surface area (Å²) in [5, 5.41) is 15.8. The number of nitrogens with zero attached hydrogens (tertiary/aromatic N) is 4. The van der Waals surface area contributed by atoms with Gasteiger partial charge in [0.2, 0.25) is 5.16 Å². The fourth-order valence-corrected chi connectivity index (χ4v) is 1.88. The molecular weight excluding hydrogens is 238 g/mol. The summed E-state index contributed by atoms with van der Waals surface area (Å²) >= 11 is 1.51. The molecule has 0 fully saturated rings. The maximum atomic E-state index is 5.26. The van der Waals surface area contributed by atoms with Gasteiger partial charge in [0.25, 0.3) is 0 Å². The number of hydrogen-bond acceptors (Lipinski definition) is 6. The molecule has 0 atom stereocenters. The molecule has 0 radical (unpaired) electrons. The van der Waals surface area contributed by atoms with Gasteiger partial charge < -0.3 is 10.1 Å². The van der Waals surface area contributed by atoms with E-state index in [1.54, 1.807) is 4.68 Å². The lowest BCUT2D eigenvalue weighted by atomic mass is 10.1. The second-order valence-corrected chi connectivity index (χ2v) is 5.51. The summed E-state index contributed by atoms with van der Waals surface area (Å²) in [6.07, 6.45) is 0. The Morgan fingerprint density at radius 3 is 2.82 bits per heavy atom. The number of thioether (sulfide) groups is 1. The van der Waals surface area contributed by atoms with Crippen molar-refractivity contribution in [1.29, 1.82) is 0 Å². The van der Waals surface area contributed by atoms with Crippen LogP contribution in [0.15, 0.2) is 5.16 Å². The summed E-state index contributed by atoms with van der Waals surface area (Å²) in [7, 11) is 0. The third kappa shape index (κ3) is 5.99. The number of rotatable bonds is 7. The fraction of sp³-hybridized carbons (Fsp3) is 0.900. The van der Waals surface area contributed by atoms with Crippen molar-refractivity contribution in [3.63, 3.8) is 0 Å². The van der Waals surface area contributed by atoms with Crippen LogP contribution in [0.25, 0.3) is 0 Å². The number of hydrogen-bond donors (Lipinski definition) is 1. The van der Waals surface area contributed by atoms with Gasteiger partial charge in [-0.2, -0.15) is 0 Å². The molecule has 0 amide bonds. The quantitative estimate of drug-likeness (QED) is 0.450. The minimum Gasteiger partial charge on any atom is -0.371 e. The molecule has 1 N–H and O–H groups in total. The Balaban J connectivity index is 2.35. The average Bonchev–Trinajstić information content (AvgIpc) is 2.64. The maximum absolute atomic E-state index is 5.26. The summed E-state index contributed by atoms with van der Waals surface area (Å²) in [5.74, 6) is 0.587. The van der Waals surface area contributed by atoms with Crippen LogP contribution in [-0.2, 0) is 11.3 Å². The first-order valence-corrected chi connectivity index (χ1v) is 6.73. The summed E-state index contributed by atoms with van der Waals surface area (Å²) in [6, 6.07) is 0. The third-order valence-corrected chi connectivity index (χ3v) is 2.79. The van der Waals surface area contributed by atoms with Crippen molar-refractivity contribution in [1.82, 2.24) is 25.5 Å². The molecule has 98 valence electrons. The van der Waals surface area contributed by atoms with E-state index in [-0.39, 0.29) is 5.54 Å². The van der Waals surface area contributed by atoms with E-state index in [1.807, 2.05) is 6.92 Å². The van der Waals surface area contributed by atoms with E-state index >= 15 is 0 Å². The van der Waals surface area contributed by atoms with Gasteiger partial charge in [-0.1, -0.05) is 11.8 Å². The molecule has 0 aliphatic carbocycles. The van der Waals surface area contributed by atoms with Crippen LogP contribution in [0.1, 0.15) is 27.7 Å². The topological polar surface area (TPSA) is 64.9 Å². The van der Waals surface area contributed by atoms with Crippen molar-refractivity contribution in [2.45, 2.75) is 44.9 Å². The largest absolute Gasteiger partial charge is 0.371 e. The average molecular weight is 259 g/mol. The van der Waals surface area contributed by atoms with Crippen LogP contribution in [0.3, 0.4) is 0 Å². The maximum Gasteiger partial charge on any atom is 0.211 e. The van der Waals surface area contributed by atoms with E-state index < -0.39 is 0 Å². The zero-order valence-electron chi connectivity index (χ0n) is 10.9. The van der Waals surface area contributed by atoms with Crippen molar-refractivity contribution in [2.24, 2.45) is 0 Å². The Morgan fingerprint density at radius 2 is 2.18 bits per heavy atom. The Hall–Kier alpha value is -0.660. The SMILES string of the molecule is CCOCSc1nnnn1CCNC(C)(C)C. The molecule has 0 aromatic carbocycles. The predicted molar refractivity (Wildman–Crippen MR) is 67.9 cm³/mol. The molecule has 0 saturated heterocycles. The second-order valence-electron chi connectivity index (χ2n) is 4.62. The highest BCUT2D eigenvalue weighted by molar-refractivity contribution is 7.99. The van der Waals surface area contributed by atoms with Gasteiger partial charge in [-0.25, -0.2) is 4.68 Å². The monoisotopic (exact) mass is 259 g/mol. The van der Waals surface area contributed by atoms with Crippen LogP contribution in [0.4, 0.5) is 0 Å². The standard InChI is InChI=1S/C10H21N5OS/c1-5-16-8-17-9-12-13-14-15(9)7-6-11-10(2,3)4/h11H,5-8H2,1-4H3. The van der Waals surface area contributed by atoms with E-state index in [0.717, 1.165) is 18.2 Å². The molecule has 0 unspecified atom stereocenters. The molecule has 0 saturated carbocycles. The Bertz CT molecular complexity index is 323. The van der Waals surface area contributed by atoms with Crippen molar-refractivity contribution >= 4 is 11.8 Å². The van der Waals surface area contributed by atoms with Crippen LogP contribution in [0.2, 0.25) is 0 Å². The molecule has 0 aliphatic rings. The number of aromatic nitrogens is 4. The van der Waals surface area contributed by atoms with Gasteiger partial charge in [0.15, 0.2) is 0 Å². The highest BCUT2D eigenvalue weighted by Crippen LogP contribution is 2.13. The van der Waals surface area contributed by atoms with Gasteiger partial charge in [-0.05, 0) is 38.1 Å². The molecule has 1 aromatic heterocycles. The summed E-state index contributed by atoms with van der Waals surface area (Å²) in [4.78, 5) is 0. The molecule has 1 rings (SSSR count). The molecular formula is C10H21N5OS. The van der Waals surface area contributed by atoms with Gasteiger partial charge in [0.05, 0.1) is 12.5 Å². The van der Waals surface area contributed by atoms with Gasteiger partial charge >= 0.3 is 0 Å². The Morgan fingerprint density at radius 1 is 1.41 bits per heavy atom. The summed E-state index contributed by atoms with van der Waals surface area (Å²) in [5.41, 5.74) is 0.118. The fourth-order valence-electron chi connectivity index (χ4n) is 1.15. The van der Waals surface area contributed by atoms with E-state index in [1.165, 1.54) is 11.8 Å². The molecule has 1 heterocycles. The molecule has 6 nitrogen and oxygen atoms in total. The Kier molecular flexibility index (Phi) is 5.87. The van der Waals surface area contributed by atoms with Gasteiger partial charge in [0.1, 0.15) is 0 Å². The number of tetrazole rings is 1. The second kappa shape index (κ2) is 6.93. The molecule has 0 bridgehead atoms. The number of ether oxygens (including phenoxy) is 1. The normalized spacial score (nSPS) is 12.0. The van der Waals surface area contributed by atoms with E-state index in [4.69, 9.17) is 4.74 Å². The molecule has 0 spiro atoms. The van der Waals surface area contributed by atoms with E-state index in [2.05, 4.69) is 41.6 Å². The lowest BCUT2D eigenvalue weighted by molar-refractivity contribution is 0.199. The van der Waals surface area contributed by atoms with Crippen molar-refractivity contribution < 1.29 is 4.74 Å². The van der Waals surface area contributed by atoms with Crippen molar-refractivity contribution in [3.8, 4) is 0 Å². The first kappa shape index (κ1) is 14.4. The minimum absolute atomic E-state index is 0.118. The zero-order valence-corrected chi connectivity index (χ0v) is 11.8. The van der Waals surface area contributed by atoms with Gasteiger partial charge in [-0.3, -0.25) is 0 Å². The highest BCUT2D eigenvalue weighted by atomic mass is 32.2. The summed E-state index contributed by atoms with van der Waals surface area (Å²) < 4.78 is 7.05. The van der Waals surface area contributed by atoms with Crippen LogP contribution < -0.4 is 5.32 Å². The van der Waals surface area contributed by atoms with E-state index in [0.29, 0.717) is 12.5 Å². The van der Waals surface area contributed by atoms with Gasteiger partial charge in [-0.15, -0.1) is 5.10 Å². The molecule has 7 heteroatoms. The number of nitrogens with one attached hydrogen (secondary N) is 1. The van der Waals surface area contributed by atoms with E-state index in [9.17, 15) is 0 Å². The minimum atomic E-state index is 0.118. The van der Waals surface area contributed by atoms with Crippen molar-refractivity contribution in [2.75, 3.05) is 19.1 Å². The van der Waals surface area contributed by atoms with Crippen molar-refractivity contribution in [3.05, 3.63) is 0 Å². The summed E-state index contributed by atoms with van der Waals surface area (Å²) in [6.45, 7) is 10.7. The first-order chi connectivity index (χ1) is 8.03. The highest BCUT2D eigenvalue weighted by Gasteiger charge is 2.10. The molecule has 1 aromatic rings. The van der Waals surface area contributed by atoms with Crippen LogP contribution in [0.5, 0.6) is 0 Å². The third-order valence-electron chi connectivity index (χ3n) is 1.95. The lowest BCUT2D eigenvalue weighted by Crippen LogP contribution is -2.38. The Labute approximate surface area is 106 Å². The van der Waals surface area contributed by atoms with Gasteiger partial charge in [0, 0.05) is 18.7 Å². The smallest absolute Gasteiger partial charge is 0.211 e. The van der Waals surface area contributed by atoms with Crippen LogP contribution >= 0.6 is 11.8 Å². The van der Waals surface area contributed by atoms with Crippen LogP contribution in [-0.4, -0.2) is 44.8 Å². The molecule has 0 aliphatic heterocycles. The molecule has 17 heavy (non-hydrogen) atoms. The lowest BCUT2D eigenvalue weighted by Gasteiger charge is -2.20.